The van der Waals surface area contributed by atoms with Crippen molar-refractivity contribution in [1.82, 2.24) is 4.90 Å². The zero-order valence-corrected chi connectivity index (χ0v) is 24.1. The lowest BCUT2D eigenvalue weighted by Crippen LogP contribution is -2.27. The molecule has 1 N–H and O–H groups in total. The zero-order valence-electron chi connectivity index (χ0n) is 20.8. The monoisotopic (exact) mass is 630 g/mol. The van der Waals surface area contributed by atoms with Crippen molar-refractivity contribution in [2.45, 2.75) is 25.3 Å². The molecule has 1 saturated heterocycles. The molecular formula is C27H23BrN2O7S2. The van der Waals surface area contributed by atoms with Gasteiger partial charge in [0, 0.05) is 17.1 Å². The van der Waals surface area contributed by atoms with Crippen LogP contribution >= 0.6 is 27.7 Å². The Morgan fingerprint density at radius 1 is 1.05 bits per heavy atom. The molecule has 0 bridgehead atoms. The molecule has 3 aromatic carbocycles. The molecule has 3 amide bonds. The number of hydrogen-bond donors (Lipinski definition) is 1. The number of ether oxygens (including phenoxy) is 1. The number of amides is 3. The van der Waals surface area contributed by atoms with Gasteiger partial charge in [-0.3, -0.25) is 19.3 Å². The lowest BCUT2D eigenvalue weighted by atomic mass is 10.1. The van der Waals surface area contributed by atoms with E-state index in [1.54, 1.807) is 19.1 Å². The van der Waals surface area contributed by atoms with Gasteiger partial charge in [0.25, 0.3) is 11.1 Å². The fraction of sp³-hybridized carbons (Fsp3) is 0.148. The minimum Gasteiger partial charge on any atom is -0.490 e. The van der Waals surface area contributed by atoms with Crippen LogP contribution in [0.1, 0.15) is 25.0 Å². The quantitative estimate of drug-likeness (QED) is 0.232. The van der Waals surface area contributed by atoms with Gasteiger partial charge in [-0.15, -0.1) is 0 Å². The maximum Gasteiger partial charge on any atom is 0.339 e. The number of rotatable bonds is 9. The highest BCUT2D eigenvalue weighted by molar-refractivity contribution is 9.10. The summed E-state index contributed by atoms with van der Waals surface area (Å²) < 4.78 is 37.5. The molecule has 0 aliphatic carbocycles. The number of thioether (sulfide) groups is 1. The van der Waals surface area contributed by atoms with E-state index < -0.39 is 16.0 Å². The number of carbonyl (C=O) groups is 3. The molecule has 1 aliphatic heterocycles. The lowest BCUT2D eigenvalue weighted by molar-refractivity contribution is -0.123. The summed E-state index contributed by atoms with van der Waals surface area (Å²) in [4.78, 5) is 38.0. The topological polar surface area (TPSA) is 119 Å². The second-order valence-corrected chi connectivity index (χ2v) is 11.6. The van der Waals surface area contributed by atoms with Crippen LogP contribution in [0.25, 0.3) is 6.08 Å². The summed E-state index contributed by atoms with van der Waals surface area (Å²) in [5.41, 5.74) is 1.77. The fourth-order valence-electron chi connectivity index (χ4n) is 3.61. The van der Waals surface area contributed by atoms with Gasteiger partial charge in [0.1, 0.15) is 4.90 Å². The predicted octanol–water partition coefficient (Wildman–Crippen LogP) is 5.81. The first-order valence-corrected chi connectivity index (χ1v) is 14.7. The minimum atomic E-state index is -4.21. The van der Waals surface area contributed by atoms with E-state index >= 15 is 0 Å². The Labute approximate surface area is 238 Å². The molecule has 12 heteroatoms. The maximum atomic E-state index is 13.0. The number of nitrogens with zero attached hydrogens (tertiary/aromatic N) is 1. The highest BCUT2D eigenvalue weighted by Crippen LogP contribution is 2.36. The molecule has 1 aliphatic rings. The highest BCUT2D eigenvalue weighted by Gasteiger charge is 2.35. The number of carbonyl (C=O) groups excluding carboxylic acids is 3. The molecule has 1 heterocycles. The second-order valence-electron chi connectivity index (χ2n) is 8.24. The van der Waals surface area contributed by atoms with E-state index in [2.05, 4.69) is 21.2 Å². The van der Waals surface area contributed by atoms with E-state index in [1.807, 2.05) is 24.3 Å². The largest absolute Gasteiger partial charge is 0.490 e. The highest BCUT2D eigenvalue weighted by atomic mass is 79.9. The number of benzene rings is 3. The van der Waals surface area contributed by atoms with Gasteiger partial charge in [-0.2, -0.15) is 8.42 Å². The van der Waals surface area contributed by atoms with Crippen molar-refractivity contribution in [2.75, 3.05) is 11.9 Å². The first kappa shape index (κ1) is 28.4. The van der Waals surface area contributed by atoms with Crippen molar-refractivity contribution < 1.29 is 31.7 Å². The molecule has 1 fully saturated rings. The summed E-state index contributed by atoms with van der Waals surface area (Å²) in [6.45, 7) is 3.44. The van der Waals surface area contributed by atoms with Crippen LogP contribution in [0.4, 0.5) is 10.5 Å². The van der Waals surface area contributed by atoms with Gasteiger partial charge in [0.2, 0.25) is 5.91 Å². The first-order valence-electron chi connectivity index (χ1n) is 11.6. The third kappa shape index (κ3) is 6.88. The Morgan fingerprint density at radius 2 is 1.77 bits per heavy atom. The van der Waals surface area contributed by atoms with Crippen molar-refractivity contribution in [3.8, 4) is 11.5 Å². The number of imide groups is 1. The van der Waals surface area contributed by atoms with Crippen LogP contribution in [0.2, 0.25) is 0 Å². The van der Waals surface area contributed by atoms with Crippen molar-refractivity contribution in [2.24, 2.45) is 0 Å². The van der Waals surface area contributed by atoms with Crippen LogP contribution in [0.3, 0.4) is 0 Å². The third-order valence-corrected chi connectivity index (χ3v) is 8.32. The molecule has 39 heavy (non-hydrogen) atoms. The Bertz CT molecular complexity index is 1570. The number of hydrogen-bond acceptors (Lipinski definition) is 8. The summed E-state index contributed by atoms with van der Waals surface area (Å²) in [6.07, 6.45) is 1.55. The normalized spacial score (nSPS) is 14.5. The molecule has 9 nitrogen and oxygen atoms in total. The lowest BCUT2D eigenvalue weighted by Gasteiger charge is -2.14. The van der Waals surface area contributed by atoms with E-state index in [4.69, 9.17) is 8.92 Å². The van der Waals surface area contributed by atoms with E-state index in [-0.39, 0.29) is 45.6 Å². The molecule has 0 atom stereocenters. The Morgan fingerprint density at radius 3 is 2.44 bits per heavy atom. The van der Waals surface area contributed by atoms with Gasteiger partial charge >= 0.3 is 10.1 Å². The summed E-state index contributed by atoms with van der Waals surface area (Å²) in [7, 11) is -4.21. The van der Waals surface area contributed by atoms with Crippen molar-refractivity contribution in [1.29, 1.82) is 0 Å². The Hall–Kier alpha value is -3.61. The fourth-order valence-corrected chi connectivity index (χ4v) is 5.80. The van der Waals surface area contributed by atoms with Crippen LogP contribution in [0, 0.1) is 0 Å². The summed E-state index contributed by atoms with van der Waals surface area (Å²) in [5.74, 6) is -0.597. The predicted molar refractivity (Wildman–Crippen MR) is 152 cm³/mol. The molecular weight excluding hydrogens is 608 g/mol. The SMILES string of the molecule is CCOc1cc(/C=C2\SC(=O)N(Cc3ccccc3Br)C2=O)ccc1OS(=O)(=O)c1ccc(NC(C)=O)cc1. The Kier molecular flexibility index (Phi) is 8.78. The van der Waals surface area contributed by atoms with Gasteiger partial charge in [-0.05, 0) is 78.4 Å². The van der Waals surface area contributed by atoms with E-state index in [1.165, 1.54) is 48.2 Å². The van der Waals surface area contributed by atoms with E-state index in [0.717, 1.165) is 21.8 Å². The smallest absolute Gasteiger partial charge is 0.339 e. The van der Waals surface area contributed by atoms with Crippen molar-refractivity contribution in [3.63, 3.8) is 0 Å². The number of nitrogens with one attached hydrogen (secondary N) is 1. The van der Waals surface area contributed by atoms with Crippen LogP contribution in [-0.4, -0.2) is 37.0 Å². The number of halogens is 1. The van der Waals surface area contributed by atoms with Crippen LogP contribution in [-0.2, 0) is 26.3 Å². The van der Waals surface area contributed by atoms with Gasteiger partial charge in [-0.1, -0.05) is 40.2 Å². The van der Waals surface area contributed by atoms with Crippen molar-refractivity contribution in [3.05, 3.63) is 87.2 Å². The van der Waals surface area contributed by atoms with Crippen LogP contribution in [0.5, 0.6) is 11.5 Å². The second kappa shape index (κ2) is 12.1. The minimum absolute atomic E-state index is 0.0398. The van der Waals surface area contributed by atoms with Crippen LogP contribution in [0.15, 0.2) is 81.0 Å². The standard InChI is InChI=1S/C27H23BrN2O7S2/c1-3-36-24-14-18(15-25-26(32)30(27(33)38-25)16-19-6-4-5-7-22(19)28)8-13-23(24)37-39(34,35)21-11-9-20(10-12-21)29-17(2)31/h4-15H,3,16H2,1-2H3,(H,29,31)/b25-15-. The molecule has 0 spiro atoms. The molecule has 4 rings (SSSR count). The first-order chi connectivity index (χ1) is 18.6. The third-order valence-electron chi connectivity index (χ3n) is 5.39. The molecule has 202 valence electrons. The molecule has 0 aromatic heterocycles. The van der Waals surface area contributed by atoms with E-state index in [9.17, 15) is 22.8 Å². The molecule has 0 saturated carbocycles. The molecule has 0 radical (unpaired) electrons. The summed E-state index contributed by atoms with van der Waals surface area (Å²) in [5, 5.41) is 2.18. The zero-order chi connectivity index (χ0) is 28.2. The molecule has 0 unspecified atom stereocenters. The van der Waals surface area contributed by atoms with E-state index in [0.29, 0.717) is 11.3 Å². The van der Waals surface area contributed by atoms with Gasteiger partial charge < -0.3 is 14.2 Å². The average molecular weight is 632 g/mol. The summed E-state index contributed by atoms with van der Waals surface area (Å²) >= 11 is 4.26. The van der Waals surface area contributed by atoms with Crippen molar-refractivity contribution >= 4 is 66.6 Å². The number of anilines is 1. The maximum absolute atomic E-state index is 13.0. The average Bonchev–Trinajstić information content (AvgIpc) is 3.14. The molecule has 3 aromatic rings. The Balaban J connectivity index is 1.55. The summed E-state index contributed by atoms with van der Waals surface area (Å²) in [6, 6.07) is 17.4. The van der Waals surface area contributed by atoms with Gasteiger partial charge in [0.05, 0.1) is 18.1 Å². The van der Waals surface area contributed by atoms with Gasteiger partial charge in [-0.25, -0.2) is 0 Å². The van der Waals surface area contributed by atoms with Crippen LogP contribution < -0.4 is 14.2 Å². The van der Waals surface area contributed by atoms with Gasteiger partial charge in [0.15, 0.2) is 11.5 Å².